The molecule has 0 aliphatic heterocycles. The highest BCUT2D eigenvalue weighted by molar-refractivity contribution is 5.72. The molecular weight excluding hydrogens is 204 g/mol. The summed E-state index contributed by atoms with van der Waals surface area (Å²) in [6, 6.07) is 7.73. The van der Waals surface area contributed by atoms with Crippen molar-refractivity contribution in [3.05, 3.63) is 29.8 Å². The zero-order chi connectivity index (χ0) is 12.0. The second kappa shape index (κ2) is 6.16. The van der Waals surface area contributed by atoms with Gasteiger partial charge in [-0.05, 0) is 31.0 Å². The molecule has 0 spiro atoms. The number of methoxy groups -OCH3 is 1. The van der Waals surface area contributed by atoms with Gasteiger partial charge < -0.3 is 9.47 Å². The van der Waals surface area contributed by atoms with Crippen LogP contribution in [-0.4, -0.2) is 19.7 Å². The third-order valence-electron chi connectivity index (χ3n) is 2.39. The standard InChI is InChI=1S/C13H18O3/c1-4-16-13(14)10(2)9-11-5-7-12(15-3)8-6-11/h5-8,10H,4,9H2,1-3H3. The van der Waals surface area contributed by atoms with E-state index < -0.39 is 0 Å². The van der Waals surface area contributed by atoms with E-state index >= 15 is 0 Å². The molecule has 1 unspecified atom stereocenters. The maximum Gasteiger partial charge on any atom is 0.308 e. The summed E-state index contributed by atoms with van der Waals surface area (Å²) in [6.07, 6.45) is 0.697. The van der Waals surface area contributed by atoms with Crippen LogP contribution in [0.1, 0.15) is 19.4 Å². The lowest BCUT2D eigenvalue weighted by atomic mass is 10.0. The fraction of sp³-hybridized carbons (Fsp3) is 0.462. The molecule has 0 N–H and O–H groups in total. The Morgan fingerprint density at radius 1 is 1.31 bits per heavy atom. The highest BCUT2D eigenvalue weighted by Crippen LogP contribution is 2.15. The van der Waals surface area contributed by atoms with Gasteiger partial charge in [0.05, 0.1) is 19.6 Å². The van der Waals surface area contributed by atoms with E-state index in [1.807, 2.05) is 38.1 Å². The van der Waals surface area contributed by atoms with Gasteiger partial charge in [-0.25, -0.2) is 0 Å². The Labute approximate surface area is 96.4 Å². The molecule has 1 rings (SSSR count). The molecule has 1 aromatic carbocycles. The van der Waals surface area contributed by atoms with Gasteiger partial charge in [-0.2, -0.15) is 0 Å². The molecule has 1 atom stereocenters. The summed E-state index contributed by atoms with van der Waals surface area (Å²) in [5.74, 6) is 0.583. The molecule has 0 radical (unpaired) electrons. The van der Waals surface area contributed by atoms with Crippen molar-refractivity contribution in [2.24, 2.45) is 5.92 Å². The Balaban J connectivity index is 2.55. The summed E-state index contributed by atoms with van der Waals surface area (Å²) >= 11 is 0. The minimum Gasteiger partial charge on any atom is -0.497 e. The van der Waals surface area contributed by atoms with Crippen molar-refractivity contribution in [1.82, 2.24) is 0 Å². The third-order valence-corrected chi connectivity index (χ3v) is 2.39. The first-order valence-corrected chi connectivity index (χ1v) is 5.47. The van der Waals surface area contributed by atoms with Crippen LogP contribution in [0.15, 0.2) is 24.3 Å². The maximum atomic E-state index is 11.4. The van der Waals surface area contributed by atoms with Crippen LogP contribution in [0.5, 0.6) is 5.75 Å². The fourth-order valence-corrected chi connectivity index (χ4v) is 1.48. The van der Waals surface area contributed by atoms with Gasteiger partial charge in [-0.3, -0.25) is 4.79 Å². The average molecular weight is 222 g/mol. The highest BCUT2D eigenvalue weighted by Gasteiger charge is 2.14. The van der Waals surface area contributed by atoms with Crippen LogP contribution in [0.2, 0.25) is 0 Å². The van der Waals surface area contributed by atoms with E-state index in [9.17, 15) is 4.79 Å². The molecule has 0 aliphatic rings. The summed E-state index contributed by atoms with van der Waals surface area (Å²) in [7, 11) is 1.64. The van der Waals surface area contributed by atoms with E-state index in [1.165, 1.54) is 0 Å². The van der Waals surface area contributed by atoms with Crippen molar-refractivity contribution >= 4 is 5.97 Å². The minimum absolute atomic E-state index is 0.103. The van der Waals surface area contributed by atoms with Crippen molar-refractivity contribution in [3.8, 4) is 5.75 Å². The molecule has 0 saturated heterocycles. The van der Waals surface area contributed by atoms with Gasteiger partial charge in [0.15, 0.2) is 0 Å². The number of carbonyl (C=O) groups excluding carboxylic acids is 1. The van der Waals surface area contributed by atoms with Crippen LogP contribution in [-0.2, 0) is 16.0 Å². The molecule has 0 fully saturated rings. The van der Waals surface area contributed by atoms with Crippen LogP contribution in [0.25, 0.3) is 0 Å². The Bertz CT molecular complexity index is 330. The Hall–Kier alpha value is -1.51. The largest absolute Gasteiger partial charge is 0.497 e. The average Bonchev–Trinajstić information content (AvgIpc) is 2.30. The zero-order valence-electron chi connectivity index (χ0n) is 10.0. The molecule has 1 aromatic rings. The van der Waals surface area contributed by atoms with E-state index in [0.29, 0.717) is 13.0 Å². The Morgan fingerprint density at radius 2 is 1.94 bits per heavy atom. The molecule has 0 aliphatic carbocycles. The summed E-state index contributed by atoms with van der Waals surface area (Å²) < 4.78 is 10.0. The van der Waals surface area contributed by atoms with Crippen molar-refractivity contribution in [1.29, 1.82) is 0 Å². The number of rotatable bonds is 5. The number of hydrogen-bond acceptors (Lipinski definition) is 3. The lowest BCUT2D eigenvalue weighted by Gasteiger charge is -2.10. The number of carbonyl (C=O) groups is 1. The van der Waals surface area contributed by atoms with Gasteiger partial charge in [0.2, 0.25) is 0 Å². The van der Waals surface area contributed by atoms with Crippen LogP contribution in [0, 0.1) is 5.92 Å². The van der Waals surface area contributed by atoms with Gasteiger partial charge >= 0.3 is 5.97 Å². The molecule has 88 valence electrons. The van der Waals surface area contributed by atoms with Gasteiger partial charge in [0.25, 0.3) is 0 Å². The topological polar surface area (TPSA) is 35.5 Å². The normalized spacial score (nSPS) is 11.9. The number of hydrogen-bond donors (Lipinski definition) is 0. The van der Waals surface area contributed by atoms with E-state index in [2.05, 4.69) is 0 Å². The molecule has 3 nitrogen and oxygen atoms in total. The SMILES string of the molecule is CCOC(=O)C(C)Cc1ccc(OC)cc1. The molecule has 0 saturated carbocycles. The van der Waals surface area contributed by atoms with E-state index in [1.54, 1.807) is 7.11 Å². The van der Waals surface area contributed by atoms with Crippen molar-refractivity contribution < 1.29 is 14.3 Å². The number of ether oxygens (including phenoxy) is 2. The third kappa shape index (κ3) is 3.57. The molecular formula is C13H18O3. The van der Waals surface area contributed by atoms with Gasteiger partial charge in [0.1, 0.15) is 5.75 Å². The molecule has 16 heavy (non-hydrogen) atoms. The first-order valence-electron chi connectivity index (χ1n) is 5.47. The van der Waals surface area contributed by atoms with E-state index in [0.717, 1.165) is 11.3 Å². The Morgan fingerprint density at radius 3 is 2.44 bits per heavy atom. The Kier molecular flexibility index (Phi) is 4.83. The monoisotopic (exact) mass is 222 g/mol. The van der Waals surface area contributed by atoms with Crippen LogP contribution < -0.4 is 4.74 Å². The lowest BCUT2D eigenvalue weighted by Crippen LogP contribution is -2.16. The van der Waals surface area contributed by atoms with E-state index in [4.69, 9.17) is 9.47 Å². The fourth-order valence-electron chi connectivity index (χ4n) is 1.48. The van der Waals surface area contributed by atoms with Crippen LogP contribution in [0.4, 0.5) is 0 Å². The predicted octanol–water partition coefficient (Wildman–Crippen LogP) is 2.44. The summed E-state index contributed by atoms with van der Waals surface area (Å²) in [4.78, 5) is 11.4. The zero-order valence-corrected chi connectivity index (χ0v) is 10.0. The van der Waals surface area contributed by atoms with Gasteiger partial charge in [-0.15, -0.1) is 0 Å². The first kappa shape index (κ1) is 12.6. The molecule has 0 heterocycles. The summed E-state index contributed by atoms with van der Waals surface area (Å²) in [5, 5.41) is 0. The molecule has 0 amide bonds. The summed E-state index contributed by atoms with van der Waals surface area (Å²) in [6.45, 7) is 4.13. The smallest absolute Gasteiger partial charge is 0.308 e. The van der Waals surface area contributed by atoms with Gasteiger partial charge in [0, 0.05) is 0 Å². The second-order valence-corrected chi connectivity index (χ2v) is 3.71. The molecule has 3 heteroatoms. The summed E-state index contributed by atoms with van der Waals surface area (Å²) in [5.41, 5.74) is 1.11. The number of esters is 1. The molecule has 0 aromatic heterocycles. The predicted molar refractivity (Wildman–Crippen MR) is 62.5 cm³/mol. The van der Waals surface area contributed by atoms with Crippen molar-refractivity contribution in [3.63, 3.8) is 0 Å². The number of benzene rings is 1. The van der Waals surface area contributed by atoms with Gasteiger partial charge in [-0.1, -0.05) is 19.1 Å². The quantitative estimate of drug-likeness (QED) is 0.718. The second-order valence-electron chi connectivity index (χ2n) is 3.71. The highest BCUT2D eigenvalue weighted by atomic mass is 16.5. The van der Waals surface area contributed by atoms with Crippen LogP contribution >= 0.6 is 0 Å². The van der Waals surface area contributed by atoms with Crippen molar-refractivity contribution in [2.75, 3.05) is 13.7 Å². The van der Waals surface area contributed by atoms with E-state index in [-0.39, 0.29) is 11.9 Å². The van der Waals surface area contributed by atoms with Crippen molar-refractivity contribution in [2.45, 2.75) is 20.3 Å². The maximum absolute atomic E-state index is 11.4. The minimum atomic E-state index is -0.140. The first-order chi connectivity index (χ1) is 7.67. The lowest BCUT2D eigenvalue weighted by molar-refractivity contribution is -0.147. The van der Waals surface area contributed by atoms with Crippen LogP contribution in [0.3, 0.4) is 0 Å². The molecule has 0 bridgehead atoms.